The summed E-state index contributed by atoms with van der Waals surface area (Å²) in [5, 5.41) is 11.9. The van der Waals surface area contributed by atoms with Crippen LogP contribution in [0.5, 0.6) is 0 Å². The van der Waals surface area contributed by atoms with Crippen molar-refractivity contribution in [3.8, 4) is 0 Å². The minimum Gasteiger partial charge on any atom is -0.466 e. The highest BCUT2D eigenvalue weighted by atomic mass is 16.5. The largest absolute Gasteiger partial charge is 0.466 e. The molecule has 4 unspecified atom stereocenters. The number of Topliss-reactive ketones (excluding diaryl/α,β-unsaturated/α-hetero) is 1. The second-order valence-electron chi connectivity index (χ2n) is 8.40. The van der Waals surface area contributed by atoms with E-state index in [1.54, 1.807) is 56.3 Å². The van der Waals surface area contributed by atoms with Crippen LogP contribution < -0.4 is 4.90 Å². The molecule has 1 fully saturated rings. The van der Waals surface area contributed by atoms with Gasteiger partial charge in [-0.2, -0.15) is 0 Å². The Balaban J connectivity index is 2.23. The van der Waals surface area contributed by atoms with E-state index in [-0.39, 0.29) is 13.2 Å². The van der Waals surface area contributed by atoms with Crippen molar-refractivity contribution < 1.29 is 29.0 Å². The molecule has 0 radical (unpaired) electrons. The first kappa shape index (κ1) is 24.5. The van der Waals surface area contributed by atoms with Crippen LogP contribution >= 0.6 is 0 Å². The SMILES string of the molecule is CCOC(=O)C1C(=O)CC(O)(c2ccccc2)C(C(=O)OCC)C1c1ccc(N(C)C)cc1. The van der Waals surface area contributed by atoms with E-state index in [9.17, 15) is 19.5 Å². The van der Waals surface area contributed by atoms with E-state index in [4.69, 9.17) is 9.47 Å². The van der Waals surface area contributed by atoms with Gasteiger partial charge in [-0.25, -0.2) is 0 Å². The van der Waals surface area contributed by atoms with Gasteiger partial charge < -0.3 is 19.5 Å². The molecular formula is C26H31NO6. The summed E-state index contributed by atoms with van der Waals surface area (Å²) < 4.78 is 10.6. The summed E-state index contributed by atoms with van der Waals surface area (Å²) in [5.74, 6) is -5.19. The highest BCUT2D eigenvalue weighted by Gasteiger charge is 2.59. The third-order valence-corrected chi connectivity index (χ3v) is 6.17. The van der Waals surface area contributed by atoms with E-state index < -0.39 is 47.5 Å². The van der Waals surface area contributed by atoms with E-state index in [1.165, 1.54) is 0 Å². The Labute approximate surface area is 194 Å². The van der Waals surface area contributed by atoms with Crippen molar-refractivity contribution in [2.75, 3.05) is 32.2 Å². The molecule has 1 aliphatic rings. The normalized spacial score (nSPS) is 24.8. The number of aliphatic hydroxyl groups is 1. The van der Waals surface area contributed by atoms with Crippen molar-refractivity contribution in [1.29, 1.82) is 0 Å². The lowest BCUT2D eigenvalue weighted by Gasteiger charge is -2.45. The topological polar surface area (TPSA) is 93.1 Å². The van der Waals surface area contributed by atoms with E-state index in [0.717, 1.165) is 5.69 Å². The summed E-state index contributed by atoms with van der Waals surface area (Å²) in [6, 6.07) is 15.9. The summed E-state index contributed by atoms with van der Waals surface area (Å²) in [4.78, 5) is 41.6. The molecular weight excluding hydrogens is 422 g/mol. The van der Waals surface area contributed by atoms with E-state index >= 15 is 0 Å². The number of carbonyl (C=O) groups is 3. The molecule has 0 spiro atoms. The number of anilines is 1. The number of benzene rings is 2. The zero-order chi connectivity index (χ0) is 24.2. The Hall–Kier alpha value is -3.19. The molecule has 1 N–H and O–H groups in total. The molecule has 0 saturated heterocycles. The molecule has 2 aromatic rings. The third-order valence-electron chi connectivity index (χ3n) is 6.17. The minimum absolute atomic E-state index is 0.0991. The maximum atomic E-state index is 13.4. The minimum atomic E-state index is -1.83. The van der Waals surface area contributed by atoms with Gasteiger partial charge in [0.15, 0.2) is 5.78 Å². The molecule has 1 aliphatic carbocycles. The van der Waals surface area contributed by atoms with Gasteiger partial charge in [0.1, 0.15) is 11.5 Å². The van der Waals surface area contributed by atoms with Gasteiger partial charge in [-0.1, -0.05) is 42.5 Å². The summed E-state index contributed by atoms with van der Waals surface area (Å²) in [6.45, 7) is 3.54. The van der Waals surface area contributed by atoms with Crippen LogP contribution in [0.15, 0.2) is 54.6 Å². The van der Waals surface area contributed by atoms with Crippen LogP contribution in [0.4, 0.5) is 5.69 Å². The molecule has 0 aromatic heterocycles. The second-order valence-corrected chi connectivity index (χ2v) is 8.40. The van der Waals surface area contributed by atoms with Crippen LogP contribution in [-0.2, 0) is 29.5 Å². The predicted octanol–water partition coefficient (Wildman–Crippen LogP) is 3.06. The Morgan fingerprint density at radius 2 is 1.55 bits per heavy atom. The van der Waals surface area contributed by atoms with Crippen LogP contribution in [-0.4, -0.2) is 50.1 Å². The summed E-state index contributed by atoms with van der Waals surface area (Å²) in [7, 11) is 3.80. The highest BCUT2D eigenvalue weighted by molar-refractivity contribution is 6.03. The number of hydrogen-bond donors (Lipinski definition) is 1. The van der Waals surface area contributed by atoms with Gasteiger partial charge >= 0.3 is 11.9 Å². The number of hydrogen-bond acceptors (Lipinski definition) is 7. The zero-order valence-electron chi connectivity index (χ0n) is 19.5. The number of nitrogens with zero attached hydrogens (tertiary/aromatic N) is 1. The van der Waals surface area contributed by atoms with Gasteiger partial charge in [0.2, 0.25) is 0 Å². The van der Waals surface area contributed by atoms with Crippen molar-refractivity contribution in [3.05, 3.63) is 65.7 Å². The molecule has 0 heterocycles. The summed E-state index contributed by atoms with van der Waals surface area (Å²) in [6.07, 6.45) is -0.393. The predicted molar refractivity (Wildman–Crippen MR) is 124 cm³/mol. The standard InChI is InChI=1S/C26H31NO6/c1-5-32-24(29)22-20(28)16-26(31,18-10-8-7-9-11-18)23(25(30)33-6-2)21(22)17-12-14-19(15-13-17)27(3)4/h7-15,21-23,31H,5-6,16H2,1-4H3. The fourth-order valence-corrected chi connectivity index (χ4v) is 4.65. The molecule has 7 nitrogen and oxygen atoms in total. The van der Waals surface area contributed by atoms with Crippen molar-refractivity contribution in [1.82, 2.24) is 0 Å². The lowest BCUT2D eigenvalue weighted by Crippen LogP contribution is -2.55. The van der Waals surface area contributed by atoms with Gasteiger partial charge in [-0.3, -0.25) is 14.4 Å². The van der Waals surface area contributed by atoms with E-state index in [2.05, 4.69) is 0 Å². The molecule has 2 aromatic carbocycles. The van der Waals surface area contributed by atoms with Crippen LogP contribution in [0.1, 0.15) is 37.3 Å². The lowest BCUT2D eigenvalue weighted by molar-refractivity contribution is -0.176. The molecule has 0 amide bonds. The molecule has 1 saturated carbocycles. The van der Waals surface area contributed by atoms with Crippen LogP contribution in [0.3, 0.4) is 0 Å². The zero-order valence-corrected chi connectivity index (χ0v) is 19.5. The number of ketones is 1. The maximum absolute atomic E-state index is 13.4. The monoisotopic (exact) mass is 453 g/mol. The summed E-state index contributed by atoms with van der Waals surface area (Å²) in [5.41, 5.74) is 0.0886. The molecule has 7 heteroatoms. The Kier molecular flexibility index (Phi) is 7.53. The first-order chi connectivity index (χ1) is 15.7. The second kappa shape index (κ2) is 10.2. The Morgan fingerprint density at radius 1 is 0.970 bits per heavy atom. The fraction of sp³-hybridized carbons (Fsp3) is 0.423. The molecule has 33 heavy (non-hydrogen) atoms. The molecule has 0 bridgehead atoms. The molecule has 3 rings (SSSR count). The Bertz CT molecular complexity index is 988. The quantitative estimate of drug-likeness (QED) is 0.509. The summed E-state index contributed by atoms with van der Waals surface area (Å²) >= 11 is 0. The van der Waals surface area contributed by atoms with Gasteiger partial charge in [0.25, 0.3) is 0 Å². The van der Waals surface area contributed by atoms with E-state index in [1.807, 2.05) is 31.1 Å². The fourth-order valence-electron chi connectivity index (χ4n) is 4.65. The maximum Gasteiger partial charge on any atom is 0.317 e. The van der Waals surface area contributed by atoms with Crippen LogP contribution in [0.2, 0.25) is 0 Å². The number of rotatable bonds is 7. The van der Waals surface area contributed by atoms with Crippen molar-refractivity contribution in [2.45, 2.75) is 31.8 Å². The number of ether oxygens (including phenoxy) is 2. The number of carbonyl (C=O) groups excluding carboxylic acids is 3. The lowest BCUT2D eigenvalue weighted by atomic mass is 9.59. The average molecular weight is 454 g/mol. The number of esters is 2. The van der Waals surface area contributed by atoms with E-state index in [0.29, 0.717) is 11.1 Å². The van der Waals surface area contributed by atoms with Crippen molar-refractivity contribution in [2.24, 2.45) is 11.8 Å². The Morgan fingerprint density at radius 3 is 2.09 bits per heavy atom. The van der Waals surface area contributed by atoms with Gasteiger partial charge in [-0.05, 0) is 37.1 Å². The highest BCUT2D eigenvalue weighted by Crippen LogP contribution is 2.51. The average Bonchev–Trinajstić information content (AvgIpc) is 2.79. The van der Waals surface area contributed by atoms with Crippen LogP contribution in [0.25, 0.3) is 0 Å². The van der Waals surface area contributed by atoms with Gasteiger partial charge in [-0.15, -0.1) is 0 Å². The first-order valence-corrected chi connectivity index (χ1v) is 11.2. The molecule has 4 atom stereocenters. The smallest absolute Gasteiger partial charge is 0.317 e. The van der Waals surface area contributed by atoms with Crippen molar-refractivity contribution in [3.63, 3.8) is 0 Å². The van der Waals surface area contributed by atoms with Gasteiger partial charge in [0, 0.05) is 32.1 Å². The van der Waals surface area contributed by atoms with Gasteiger partial charge in [0.05, 0.1) is 19.1 Å². The third kappa shape index (κ3) is 4.78. The first-order valence-electron chi connectivity index (χ1n) is 11.2. The molecule has 176 valence electrons. The molecule has 0 aliphatic heterocycles. The van der Waals surface area contributed by atoms with Crippen molar-refractivity contribution >= 4 is 23.4 Å². The van der Waals surface area contributed by atoms with Crippen LogP contribution in [0, 0.1) is 11.8 Å².